The van der Waals surface area contributed by atoms with Crippen LogP contribution in [0.25, 0.3) is 0 Å². The molecule has 0 bridgehead atoms. The summed E-state index contributed by atoms with van der Waals surface area (Å²) in [6.07, 6.45) is -2.01. The van der Waals surface area contributed by atoms with Gasteiger partial charge in [-0.05, 0) is 0 Å². The summed E-state index contributed by atoms with van der Waals surface area (Å²) < 4.78 is 16.3. The van der Waals surface area contributed by atoms with Gasteiger partial charge >= 0.3 is 28.9 Å². The van der Waals surface area contributed by atoms with Gasteiger partial charge in [0.15, 0.2) is 0 Å². The third-order valence-electron chi connectivity index (χ3n) is 3.40. The quantitative estimate of drug-likeness (QED) is 0.405. The molecule has 12 nitrogen and oxygen atoms in total. The number of hydrogen-bond donors (Lipinski definition) is 1. The van der Waals surface area contributed by atoms with Crippen LogP contribution in [0.15, 0.2) is 15.8 Å². The van der Waals surface area contributed by atoms with Crippen LogP contribution in [0, 0.1) is 10.1 Å². The minimum absolute atomic E-state index is 0.0192. The minimum atomic E-state index is -1.14. The zero-order valence-electron chi connectivity index (χ0n) is 13.3. The van der Waals surface area contributed by atoms with E-state index in [1.807, 2.05) is 4.98 Å². The second kappa shape index (κ2) is 7.25. The molecule has 0 spiro atoms. The Labute approximate surface area is 139 Å². The first-order valence-corrected chi connectivity index (χ1v) is 7.15. The predicted octanol–water partition coefficient (Wildman–Crippen LogP) is -0.773. The van der Waals surface area contributed by atoms with Crippen LogP contribution in [0.5, 0.6) is 0 Å². The summed E-state index contributed by atoms with van der Waals surface area (Å²) in [4.78, 5) is 57.2. The van der Waals surface area contributed by atoms with E-state index in [-0.39, 0.29) is 13.0 Å². The second-order valence-corrected chi connectivity index (χ2v) is 5.25. The molecule has 136 valence electrons. The number of esters is 2. The number of carbonyl (C=O) groups excluding carboxylic acids is 2. The van der Waals surface area contributed by atoms with Crippen LogP contribution in [0.2, 0.25) is 0 Å². The van der Waals surface area contributed by atoms with E-state index in [0.29, 0.717) is 0 Å². The van der Waals surface area contributed by atoms with Crippen LogP contribution in [0.4, 0.5) is 5.69 Å². The summed E-state index contributed by atoms with van der Waals surface area (Å²) in [5, 5.41) is 10.9. The molecular formula is C13H15N3O9. The Morgan fingerprint density at radius 3 is 2.64 bits per heavy atom. The van der Waals surface area contributed by atoms with Crippen molar-refractivity contribution in [2.45, 2.75) is 38.7 Å². The summed E-state index contributed by atoms with van der Waals surface area (Å²) in [6, 6.07) is 0. The molecule has 1 aliphatic heterocycles. The summed E-state index contributed by atoms with van der Waals surface area (Å²) in [6.45, 7) is 2.13. The molecule has 2 heterocycles. The SMILES string of the molecule is CC(=O)OC[C@H]1O[C@@H](n2cc([N+](=O)[O-])c(=O)[nH]c2=O)C[C@@H]1OC(C)=O. The molecule has 1 aliphatic rings. The van der Waals surface area contributed by atoms with Crippen LogP contribution in [0.1, 0.15) is 26.5 Å². The van der Waals surface area contributed by atoms with Crippen molar-refractivity contribution in [1.82, 2.24) is 9.55 Å². The highest BCUT2D eigenvalue weighted by molar-refractivity contribution is 5.66. The Kier molecular flexibility index (Phi) is 5.32. The Hall–Kier alpha value is -3.02. The molecule has 1 N–H and O–H groups in total. The smallest absolute Gasteiger partial charge is 0.350 e. The van der Waals surface area contributed by atoms with Gasteiger partial charge in [-0.25, -0.2) is 4.79 Å². The van der Waals surface area contributed by atoms with Crippen molar-refractivity contribution in [3.63, 3.8) is 0 Å². The standard InChI is InChI=1S/C13H15N3O9/c1-6(17)23-5-10-9(24-7(2)18)3-11(25-10)15-4-8(16(21)22)12(19)14-13(15)20/h4,9-11H,3,5H2,1-2H3,(H,14,19,20)/t9-,10+,11+/m0/s1. The van der Waals surface area contributed by atoms with Crippen molar-refractivity contribution in [3.05, 3.63) is 37.1 Å². The number of nitrogens with one attached hydrogen (secondary N) is 1. The highest BCUT2D eigenvalue weighted by Crippen LogP contribution is 2.30. The van der Waals surface area contributed by atoms with Gasteiger partial charge in [0.25, 0.3) is 0 Å². The average molecular weight is 357 g/mol. The first-order valence-electron chi connectivity index (χ1n) is 7.15. The summed E-state index contributed by atoms with van der Waals surface area (Å²) in [7, 11) is 0. The Morgan fingerprint density at radius 1 is 1.40 bits per heavy atom. The summed E-state index contributed by atoms with van der Waals surface area (Å²) in [5.74, 6) is -1.19. The molecule has 12 heteroatoms. The van der Waals surface area contributed by atoms with Crippen molar-refractivity contribution in [1.29, 1.82) is 0 Å². The second-order valence-electron chi connectivity index (χ2n) is 5.25. The highest BCUT2D eigenvalue weighted by atomic mass is 16.6. The molecule has 1 fully saturated rings. The van der Waals surface area contributed by atoms with E-state index in [0.717, 1.165) is 10.8 Å². The molecule has 0 aromatic carbocycles. The molecule has 0 saturated carbocycles. The van der Waals surface area contributed by atoms with Crippen molar-refractivity contribution in [2.24, 2.45) is 0 Å². The topological polar surface area (TPSA) is 160 Å². The largest absolute Gasteiger partial charge is 0.463 e. The fourth-order valence-corrected chi connectivity index (χ4v) is 2.38. The van der Waals surface area contributed by atoms with Crippen LogP contribution in [0.3, 0.4) is 0 Å². The van der Waals surface area contributed by atoms with E-state index in [9.17, 15) is 29.3 Å². The lowest BCUT2D eigenvalue weighted by Gasteiger charge is -2.17. The number of rotatable bonds is 5. The summed E-state index contributed by atoms with van der Waals surface area (Å²) >= 11 is 0. The van der Waals surface area contributed by atoms with Gasteiger partial charge in [0.2, 0.25) is 0 Å². The lowest BCUT2D eigenvalue weighted by Crippen LogP contribution is -2.33. The van der Waals surface area contributed by atoms with Gasteiger partial charge in [-0.1, -0.05) is 0 Å². The zero-order chi connectivity index (χ0) is 18.7. The molecule has 2 rings (SSSR count). The molecule has 0 radical (unpaired) electrons. The van der Waals surface area contributed by atoms with Gasteiger partial charge in [0, 0.05) is 20.3 Å². The van der Waals surface area contributed by atoms with Crippen LogP contribution >= 0.6 is 0 Å². The van der Waals surface area contributed by atoms with Gasteiger partial charge < -0.3 is 14.2 Å². The van der Waals surface area contributed by atoms with E-state index in [2.05, 4.69) is 0 Å². The average Bonchev–Trinajstić information content (AvgIpc) is 2.86. The number of ether oxygens (including phenoxy) is 3. The predicted molar refractivity (Wildman–Crippen MR) is 78.7 cm³/mol. The lowest BCUT2D eigenvalue weighted by molar-refractivity contribution is -0.387. The Bertz CT molecular complexity index is 812. The van der Waals surface area contributed by atoms with Gasteiger partial charge in [0.1, 0.15) is 25.0 Å². The molecule has 0 unspecified atom stereocenters. The molecule has 0 aliphatic carbocycles. The fourth-order valence-electron chi connectivity index (χ4n) is 2.38. The third-order valence-corrected chi connectivity index (χ3v) is 3.40. The Morgan fingerprint density at radius 2 is 2.08 bits per heavy atom. The number of nitrogens with zero attached hydrogens (tertiary/aromatic N) is 2. The molecule has 25 heavy (non-hydrogen) atoms. The van der Waals surface area contributed by atoms with Gasteiger partial charge in [0.05, 0.1) is 11.1 Å². The molecular weight excluding hydrogens is 342 g/mol. The molecule has 0 amide bonds. The summed E-state index contributed by atoms with van der Waals surface area (Å²) in [5.41, 5.74) is -2.90. The van der Waals surface area contributed by atoms with E-state index in [1.165, 1.54) is 13.8 Å². The van der Waals surface area contributed by atoms with Gasteiger partial charge in [-0.2, -0.15) is 0 Å². The number of hydrogen-bond acceptors (Lipinski definition) is 9. The van der Waals surface area contributed by atoms with Gasteiger partial charge in [-0.3, -0.25) is 34.0 Å². The van der Waals surface area contributed by atoms with Crippen molar-refractivity contribution in [3.8, 4) is 0 Å². The first-order chi connectivity index (χ1) is 11.7. The van der Waals surface area contributed by atoms with E-state index < -0.39 is 52.2 Å². The van der Waals surface area contributed by atoms with Gasteiger partial charge in [-0.15, -0.1) is 0 Å². The van der Waals surface area contributed by atoms with E-state index in [1.54, 1.807) is 0 Å². The molecule has 1 aromatic rings. The first kappa shape index (κ1) is 18.3. The maximum atomic E-state index is 11.9. The van der Waals surface area contributed by atoms with Crippen molar-refractivity contribution in [2.75, 3.05) is 6.61 Å². The number of carbonyl (C=O) groups is 2. The third kappa shape index (κ3) is 4.29. The molecule has 3 atom stereocenters. The lowest BCUT2D eigenvalue weighted by atomic mass is 10.2. The van der Waals surface area contributed by atoms with Crippen LogP contribution in [-0.2, 0) is 23.8 Å². The van der Waals surface area contributed by atoms with Crippen molar-refractivity contribution >= 4 is 17.6 Å². The number of aromatic nitrogens is 2. The van der Waals surface area contributed by atoms with E-state index in [4.69, 9.17) is 14.2 Å². The monoisotopic (exact) mass is 357 g/mol. The normalized spacial score (nSPS) is 22.4. The molecule has 1 aromatic heterocycles. The van der Waals surface area contributed by atoms with Crippen LogP contribution < -0.4 is 11.2 Å². The van der Waals surface area contributed by atoms with Crippen LogP contribution in [-0.4, -0.2) is 45.2 Å². The number of H-pyrrole nitrogens is 1. The minimum Gasteiger partial charge on any atom is -0.463 e. The Balaban J connectivity index is 2.30. The molecule has 1 saturated heterocycles. The maximum absolute atomic E-state index is 11.9. The van der Waals surface area contributed by atoms with E-state index >= 15 is 0 Å². The maximum Gasteiger partial charge on any atom is 0.350 e. The fraction of sp³-hybridized carbons (Fsp3) is 0.538. The number of nitro groups is 1. The zero-order valence-corrected chi connectivity index (χ0v) is 13.3. The highest BCUT2D eigenvalue weighted by Gasteiger charge is 2.40. The number of aromatic amines is 1. The van der Waals surface area contributed by atoms with Crippen molar-refractivity contribution < 1.29 is 28.7 Å².